The van der Waals surface area contributed by atoms with Crippen LogP contribution in [0.15, 0.2) is 18.2 Å². The molecule has 2 rings (SSSR count). The second-order valence-electron chi connectivity index (χ2n) is 4.39. The molecule has 1 atom stereocenters. The fourth-order valence-electron chi connectivity index (χ4n) is 2.27. The van der Waals surface area contributed by atoms with E-state index in [0.29, 0.717) is 35.9 Å². The fraction of sp³-hybridized carbons (Fsp3) is 0.429. The highest BCUT2D eigenvalue weighted by atomic mass is 35.5. The molecule has 1 unspecified atom stereocenters. The van der Waals surface area contributed by atoms with Gasteiger partial charge >= 0.3 is 5.97 Å². The number of esters is 1. The third kappa shape index (κ3) is 2.72. The summed E-state index contributed by atoms with van der Waals surface area (Å²) in [5.74, 6) is 0.0318. The zero-order valence-electron chi connectivity index (χ0n) is 11.4. The lowest BCUT2D eigenvalue weighted by Gasteiger charge is -2.23. The highest BCUT2D eigenvalue weighted by Crippen LogP contribution is 2.33. The van der Waals surface area contributed by atoms with Crippen LogP contribution in [0.25, 0.3) is 0 Å². The van der Waals surface area contributed by atoms with Crippen molar-refractivity contribution in [3.05, 3.63) is 23.2 Å². The van der Waals surface area contributed by atoms with Gasteiger partial charge in [0.2, 0.25) is 5.91 Å². The maximum Gasteiger partial charge on any atom is 0.329 e. The number of benzene rings is 1. The minimum Gasteiger partial charge on any atom is -0.495 e. The maximum atomic E-state index is 12.0. The van der Waals surface area contributed by atoms with E-state index in [4.69, 9.17) is 21.1 Å². The normalized spacial score (nSPS) is 18.2. The molecule has 1 saturated heterocycles. The van der Waals surface area contributed by atoms with Crippen molar-refractivity contribution in [1.82, 2.24) is 0 Å². The molecule has 1 aliphatic heterocycles. The van der Waals surface area contributed by atoms with Gasteiger partial charge in [0, 0.05) is 12.1 Å². The van der Waals surface area contributed by atoms with Crippen molar-refractivity contribution in [3.63, 3.8) is 0 Å². The number of carbonyl (C=O) groups excluding carboxylic acids is 2. The molecular formula is C14H16ClNO4. The Balaban J connectivity index is 2.30. The van der Waals surface area contributed by atoms with Crippen molar-refractivity contribution >= 4 is 29.2 Å². The lowest BCUT2D eigenvalue weighted by Crippen LogP contribution is -2.39. The van der Waals surface area contributed by atoms with E-state index in [0.717, 1.165) is 0 Å². The number of methoxy groups -OCH3 is 1. The molecule has 5 nitrogen and oxygen atoms in total. The van der Waals surface area contributed by atoms with Crippen LogP contribution in [0, 0.1) is 0 Å². The van der Waals surface area contributed by atoms with Crippen LogP contribution < -0.4 is 9.64 Å². The van der Waals surface area contributed by atoms with Gasteiger partial charge in [-0.3, -0.25) is 9.69 Å². The average molecular weight is 298 g/mol. The molecule has 108 valence electrons. The van der Waals surface area contributed by atoms with E-state index in [2.05, 4.69) is 0 Å². The van der Waals surface area contributed by atoms with Crippen LogP contribution in [0.3, 0.4) is 0 Å². The molecule has 20 heavy (non-hydrogen) atoms. The Morgan fingerprint density at radius 1 is 1.50 bits per heavy atom. The number of carbonyl (C=O) groups is 2. The van der Waals surface area contributed by atoms with Crippen LogP contribution in [-0.2, 0) is 14.3 Å². The van der Waals surface area contributed by atoms with Gasteiger partial charge < -0.3 is 9.47 Å². The van der Waals surface area contributed by atoms with E-state index in [9.17, 15) is 9.59 Å². The summed E-state index contributed by atoms with van der Waals surface area (Å²) in [5, 5.41) is 0.396. The fourth-order valence-corrected chi connectivity index (χ4v) is 2.53. The molecule has 0 aromatic heterocycles. The number of nitrogens with zero attached hydrogens (tertiary/aromatic N) is 1. The Labute approximate surface area is 122 Å². The molecule has 1 fully saturated rings. The topological polar surface area (TPSA) is 55.8 Å². The molecule has 1 aliphatic rings. The number of halogens is 1. The Morgan fingerprint density at radius 3 is 2.85 bits per heavy atom. The third-order valence-electron chi connectivity index (χ3n) is 3.18. The van der Waals surface area contributed by atoms with E-state index >= 15 is 0 Å². The van der Waals surface area contributed by atoms with Gasteiger partial charge in [-0.05, 0) is 31.5 Å². The summed E-state index contributed by atoms with van der Waals surface area (Å²) < 4.78 is 10.1. The monoisotopic (exact) mass is 297 g/mol. The first-order valence-corrected chi connectivity index (χ1v) is 6.78. The minimum absolute atomic E-state index is 0.107. The van der Waals surface area contributed by atoms with E-state index in [-0.39, 0.29) is 11.9 Å². The highest BCUT2D eigenvalue weighted by molar-refractivity contribution is 6.32. The lowest BCUT2D eigenvalue weighted by atomic mass is 10.2. The highest BCUT2D eigenvalue weighted by Gasteiger charge is 2.38. The van der Waals surface area contributed by atoms with Gasteiger partial charge in [0.1, 0.15) is 11.8 Å². The van der Waals surface area contributed by atoms with E-state index in [1.165, 1.54) is 12.0 Å². The zero-order chi connectivity index (χ0) is 14.7. The number of ether oxygens (including phenoxy) is 2. The predicted molar refractivity (Wildman–Crippen MR) is 75.1 cm³/mol. The van der Waals surface area contributed by atoms with Crippen molar-refractivity contribution in [2.45, 2.75) is 25.8 Å². The van der Waals surface area contributed by atoms with E-state index < -0.39 is 6.04 Å². The van der Waals surface area contributed by atoms with Gasteiger partial charge in [0.15, 0.2) is 0 Å². The smallest absolute Gasteiger partial charge is 0.329 e. The van der Waals surface area contributed by atoms with Gasteiger partial charge in [0.05, 0.1) is 18.7 Å². The molecule has 1 amide bonds. The molecule has 0 saturated carbocycles. The van der Waals surface area contributed by atoms with Crippen molar-refractivity contribution in [2.24, 2.45) is 0 Å². The molecule has 0 spiro atoms. The Hall–Kier alpha value is -1.75. The first-order valence-electron chi connectivity index (χ1n) is 6.40. The first-order chi connectivity index (χ1) is 9.58. The summed E-state index contributed by atoms with van der Waals surface area (Å²) >= 11 is 6.06. The van der Waals surface area contributed by atoms with Crippen molar-refractivity contribution < 1.29 is 19.1 Å². The quantitative estimate of drug-likeness (QED) is 0.801. The number of hydrogen-bond donors (Lipinski definition) is 0. The molecule has 1 heterocycles. The summed E-state index contributed by atoms with van der Waals surface area (Å²) in [6.07, 6.45) is 0.786. The molecule has 0 bridgehead atoms. The summed E-state index contributed by atoms with van der Waals surface area (Å²) in [6, 6.07) is 4.42. The summed E-state index contributed by atoms with van der Waals surface area (Å²) in [7, 11) is 1.52. The summed E-state index contributed by atoms with van der Waals surface area (Å²) in [5.41, 5.74) is 0.580. The van der Waals surface area contributed by atoms with Crippen molar-refractivity contribution in [3.8, 4) is 5.75 Å². The molecule has 0 aliphatic carbocycles. The molecule has 6 heteroatoms. The van der Waals surface area contributed by atoms with Crippen LogP contribution >= 0.6 is 11.6 Å². The van der Waals surface area contributed by atoms with Gasteiger partial charge in [0.25, 0.3) is 0 Å². The Bertz CT molecular complexity index is 532. The van der Waals surface area contributed by atoms with E-state index in [1.54, 1.807) is 25.1 Å². The van der Waals surface area contributed by atoms with Crippen LogP contribution in [-0.4, -0.2) is 31.6 Å². The van der Waals surface area contributed by atoms with Crippen LogP contribution in [0.1, 0.15) is 19.8 Å². The predicted octanol–water partition coefficient (Wildman–Crippen LogP) is 2.41. The minimum atomic E-state index is -0.577. The largest absolute Gasteiger partial charge is 0.495 e. The Morgan fingerprint density at radius 2 is 2.25 bits per heavy atom. The summed E-state index contributed by atoms with van der Waals surface area (Å²) in [6.45, 7) is 2.03. The third-order valence-corrected chi connectivity index (χ3v) is 3.48. The molecule has 0 N–H and O–H groups in total. The molecule has 1 aromatic rings. The second-order valence-corrected chi connectivity index (χ2v) is 4.80. The Kier molecular flexibility index (Phi) is 4.49. The molecular weight excluding hydrogens is 282 g/mol. The van der Waals surface area contributed by atoms with E-state index in [1.807, 2.05) is 0 Å². The number of amides is 1. The van der Waals surface area contributed by atoms with Gasteiger partial charge in [-0.2, -0.15) is 0 Å². The second kappa shape index (κ2) is 6.13. The number of anilines is 1. The van der Waals surface area contributed by atoms with Gasteiger partial charge in [-0.25, -0.2) is 4.79 Å². The van der Waals surface area contributed by atoms with Crippen molar-refractivity contribution in [1.29, 1.82) is 0 Å². The van der Waals surface area contributed by atoms with Crippen LogP contribution in [0.5, 0.6) is 5.75 Å². The maximum absolute atomic E-state index is 12.0. The lowest BCUT2D eigenvalue weighted by molar-refractivity contribution is -0.144. The zero-order valence-corrected chi connectivity index (χ0v) is 12.1. The van der Waals surface area contributed by atoms with Crippen molar-refractivity contribution in [2.75, 3.05) is 18.6 Å². The SMILES string of the molecule is CCOC(=O)C1CCC(=O)N1c1ccc(OC)c(Cl)c1. The molecule has 1 aromatic carbocycles. The molecule has 0 radical (unpaired) electrons. The van der Waals surface area contributed by atoms with Gasteiger partial charge in [-0.1, -0.05) is 11.6 Å². The first kappa shape index (κ1) is 14.7. The van der Waals surface area contributed by atoms with Crippen LogP contribution in [0.4, 0.5) is 5.69 Å². The summed E-state index contributed by atoms with van der Waals surface area (Å²) in [4.78, 5) is 25.4. The number of hydrogen-bond acceptors (Lipinski definition) is 4. The number of rotatable bonds is 4. The average Bonchev–Trinajstić information content (AvgIpc) is 2.81. The standard InChI is InChI=1S/C14H16ClNO4/c1-3-20-14(18)11-5-7-13(17)16(11)9-4-6-12(19-2)10(15)8-9/h4,6,8,11H,3,5,7H2,1-2H3. The van der Waals surface area contributed by atoms with Crippen LogP contribution in [0.2, 0.25) is 5.02 Å². The van der Waals surface area contributed by atoms with Gasteiger partial charge in [-0.15, -0.1) is 0 Å².